The molecule has 63 heavy (non-hydrogen) atoms. The normalized spacial score (nSPS) is 11.8. The third-order valence-corrected chi connectivity index (χ3v) is 14.1. The van der Waals surface area contributed by atoms with E-state index >= 15 is 0 Å². The van der Waals surface area contributed by atoms with Gasteiger partial charge in [-0.1, -0.05) is 194 Å². The fraction of sp³-hybridized carbons (Fsp3) is 0. The summed E-state index contributed by atoms with van der Waals surface area (Å²) in [6, 6.07) is 77.6. The van der Waals surface area contributed by atoms with E-state index in [1.807, 2.05) is 23.6 Å². The maximum atomic E-state index is 5.26. The molecule has 0 spiro atoms. The highest BCUT2D eigenvalue weighted by molar-refractivity contribution is 7.20. The van der Waals surface area contributed by atoms with E-state index in [2.05, 4.69) is 206 Å². The van der Waals surface area contributed by atoms with E-state index in [1.54, 1.807) is 0 Å². The topological polar surface area (TPSA) is 25.8 Å². The van der Waals surface area contributed by atoms with Crippen LogP contribution in [0.4, 0.5) is 0 Å². The van der Waals surface area contributed by atoms with E-state index in [9.17, 15) is 0 Å². The lowest BCUT2D eigenvalue weighted by molar-refractivity contribution is 1.37. The third kappa shape index (κ3) is 5.71. The Labute approximate surface area is 368 Å². The van der Waals surface area contributed by atoms with Crippen molar-refractivity contribution in [1.29, 1.82) is 0 Å². The van der Waals surface area contributed by atoms with Gasteiger partial charge in [-0.25, -0.2) is 4.98 Å². The monoisotopic (exact) mass is 816 g/mol. The Bertz CT molecular complexity index is 3890. The van der Waals surface area contributed by atoms with Crippen LogP contribution in [0.3, 0.4) is 0 Å². The lowest BCUT2D eigenvalue weighted by Gasteiger charge is -2.15. The SMILES string of the molecule is c1ccc(-c2c(-c3cccc(-c4ccc(-c5ccc6ccc7cccnc7c6n5)c5ccccc45)c3)sc(-c3ccc4ccc5cccc6ccc3c4c56)c2-c2ccccc2)cc1. The number of hydrogen-bond donors (Lipinski definition) is 0. The summed E-state index contributed by atoms with van der Waals surface area (Å²) in [7, 11) is 0. The molecule has 2 nitrogen and oxygen atoms in total. The number of benzene rings is 10. The van der Waals surface area contributed by atoms with Gasteiger partial charge < -0.3 is 0 Å². The molecule has 13 aromatic rings. The van der Waals surface area contributed by atoms with Gasteiger partial charge in [-0.15, -0.1) is 11.3 Å². The fourth-order valence-electron chi connectivity index (χ4n) is 9.99. The van der Waals surface area contributed by atoms with Crippen molar-refractivity contribution in [2.24, 2.45) is 0 Å². The van der Waals surface area contributed by atoms with Gasteiger partial charge in [-0.3, -0.25) is 4.98 Å². The Morgan fingerprint density at radius 2 is 0.857 bits per heavy atom. The van der Waals surface area contributed by atoms with E-state index < -0.39 is 0 Å². The zero-order valence-electron chi connectivity index (χ0n) is 34.1. The van der Waals surface area contributed by atoms with Crippen LogP contribution < -0.4 is 0 Å². The minimum Gasteiger partial charge on any atom is -0.254 e. The second-order valence-electron chi connectivity index (χ2n) is 16.4. The largest absolute Gasteiger partial charge is 0.254 e. The molecular formula is C60H36N2S. The molecule has 0 bridgehead atoms. The van der Waals surface area contributed by atoms with Gasteiger partial charge >= 0.3 is 0 Å². The van der Waals surface area contributed by atoms with E-state index in [4.69, 9.17) is 9.97 Å². The van der Waals surface area contributed by atoms with Crippen molar-refractivity contribution in [2.45, 2.75) is 0 Å². The van der Waals surface area contributed by atoms with Gasteiger partial charge in [0.15, 0.2) is 0 Å². The van der Waals surface area contributed by atoms with Gasteiger partial charge in [0, 0.05) is 49.0 Å². The number of fused-ring (bicyclic) bond motifs is 4. The van der Waals surface area contributed by atoms with Gasteiger partial charge in [-0.2, -0.15) is 0 Å². The molecule has 0 N–H and O–H groups in total. The van der Waals surface area contributed by atoms with Crippen LogP contribution >= 0.6 is 11.3 Å². The van der Waals surface area contributed by atoms with E-state index in [0.29, 0.717) is 0 Å². The Hall–Kier alpha value is -7.98. The van der Waals surface area contributed by atoms with Crippen molar-refractivity contribution >= 4 is 76.2 Å². The molecule has 10 aromatic carbocycles. The predicted octanol–water partition coefficient (Wildman–Crippen LogP) is 16.9. The second kappa shape index (κ2) is 14.3. The van der Waals surface area contributed by atoms with E-state index in [0.717, 1.165) is 33.1 Å². The van der Waals surface area contributed by atoms with Gasteiger partial charge in [0.1, 0.15) is 0 Å². The first-order valence-corrected chi connectivity index (χ1v) is 22.3. The summed E-state index contributed by atoms with van der Waals surface area (Å²) in [6.45, 7) is 0. The van der Waals surface area contributed by atoms with Crippen LogP contribution in [-0.2, 0) is 0 Å². The highest BCUT2D eigenvalue weighted by Gasteiger charge is 2.25. The summed E-state index contributed by atoms with van der Waals surface area (Å²) in [5.41, 5.74) is 13.7. The average Bonchev–Trinajstić information content (AvgIpc) is 3.76. The summed E-state index contributed by atoms with van der Waals surface area (Å²) in [5, 5.41) is 12.3. The van der Waals surface area contributed by atoms with Gasteiger partial charge in [0.25, 0.3) is 0 Å². The minimum absolute atomic E-state index is 0.924. The number of hydrogen-bond acceptors (Lipinski definition) is 3. The Morgan fingerprint density at radius 1 is 0.317 bits per heavy atom. The second-order valence-corrected chi connectivity index (χ2v) is 17.4. The van der Waals surface area contributed by atoms with Crippen LogP contribution in [0.2, 0.25) is 0 Å². The molecule has 0 atom stereocenters. The molecule has 0 saturated carbocycles. The van der Waals surface area contributed by atoms with Gasteiger partial charge in [-0.05, 0) is 89.1 Å². The van der Waals surface area contributed by atoms with Crippen molar-refractivity contribution in [3.05, 3.63) is 219 Å². The predicted molar refractivity (Wildman–Crippen MR) is 269 cm³/mol. The molecule has 0 amide bonds. The highest BCUT2D eigenvalue weighted by atomic mass is 32.1. The Kier molecular flexibility index (Phi) is 8.12. The standard InChI is InChI=1S/C60H36N2S/c1-3-12-37(13-4-1)55-56(38-14-5-2-6-15-38)60(51-31-28-41-24-23-39-16-9-17-40-27-30-50(51)54(41)53(39)40)63-59(55)45-19-10-18-44(36-45)46-32-33-49(48-22-8-7-21-47(46)48)52-34-29-43-26-25-42-20-11-35-61-57(42)58(43)62-52/h1-36H. The first-order valence-electron chi connectivity index (χ1n) is 21.5. The lowest BCUT2D eigenvalue weighted by atomic mass is 9.88. The van der Waals surface area contributed by atoms with Crippen LogP contribution in [-0.4, -0.2) is 9.97 Å². The molecule has 0 aliphatic carbocycles. The zero-order valence-corrected chi connectivity index (χ0v) is 34.9. The number of nitrogens with zero attached hydrogens (tertiary/aromatic N) is 2. The van der Waals surface area contributed by atoms with Crippen molar-refractivity contribution < 1.29 is 0 Å². The first-order chi connectivity index (χ1) is 31.2. The summed E-state index contributed by atoms with van der Waals surface area (Å²) >= 11 is 1.91. The summed E-state index contributed by atoms with van der Waals surface area (Å²) < 4.78 is 0. The van der Waals surface area contributed by atoms with Crippen LogP contribution in [0.15, 0.2) is 219 Å². The smallest absolute Gasteiger partial charge is 0.0972 e. The average molecular weight is 817 g/mol. The molecule has 0 aliphatic rings. The molecule has 0 aliphatic heterocycles. The molecule has 0 fully saturated rings. The quantitative estimate of drug-likeness (QED) is 0.156. The molecule has 3 heterocycles. The lowest BCUT2D eigenvalue weighted by Crippen LogP contribution is -1.91. The molecule has 3 heteroatoms. The third-order valence-electron chi connectivity index (χ3n) is 12.9. The van der Waals surface area contributed by atoms with Crippen molar-refractivity contribution in [1.82, 2.24) is 9.97 Å². The van der Waals surface area contributed by atoms with E-state index in [1.165, 1.54) is 97.4 Å². The number of rotatable bonds is 6. The molecular weight excluding hydrogens is 781 g/mol. The van der Waals surface area contributed by atoms with Gasteiger partial charge in [0.05, 0.1) is 16.7 Å². The maximum absolute atomic E-state index is 5.26. The molecule has 0 unspecified atom stereocenters. The first kappa shape index (κ1) is 35.7. The van der Waals surface area contributed by atoms with Crippen LogP contribution in [0.5, 0.6) is 0 Å². The Balaban J connectivity index is 1.02. The number of pyridine rings is 2. The Morgan fingerprint density at radius 3 is 1.63 bits per heavy atom. The number of aromatic nitrogens is 2. The highest BCUT2D eigenvalue weighted by Crippen LogP contribution is 2.54. The van der Waals surface area contributed by atoms with Crippen molar-refractivity contribution in [3.63, 3.8) is 0 Å². The van der Waals surface area contributed by atoms with Crippen molar-refractivity contribution in [3.8, 4) is 65.5 Å². The van der Waals surface area contributed by atoms with Crippen LogP contribution in [0.25, 0.3) is 130 Å². The molecule has 13 rings (SSSR count). The molecule has 292 valence electrons. The summed E-state index contributed by atoms with van der Waals surface area (Å²) in [5.74, 6) is 0. The summed E-state index contributed by atoms with van der Waals surface area (Å²) in [4.78, 5) is 12.5. The van der Waals surface area contributed by atoms with Crippen LogP contribution in [0, 0.1) is 0 Å². The maximum Gasteiger partial charge on any atom is 0.0972 e. The fourth-order valence-corrected chi connectivity index (χ4v) is 11.4. The molecule has 3 aromatic heterocycles. The van der Waals surface area contributed by atoms with Gasteiger partial charge in [0.2, 0.25) is 0 Å². The minimum atomic E-state index is 0.924. The number of thiophene rings is 1. The van der Waals surface area contributed by atoms with Crippen molar-refractivity contribution in [2.75, 3.05) is 0 Å². The molecule has 0 radical (unpaired) electrons. The van der Waals surface area contributed by atoms with E-state index in [-0.39, 0.29) is 0 Å². The molecule has 0 saturated heterocycles. The van der Waals surface area contributed by atoms with Crippen LogP contribution in [0.1, 0.15) is 0 Å². The summed E-state index contributed by atoms with van der Waals surface area (Å²) in [6.07, 6.45) is 1.85. The zero-order chi connectivity index (χ0) is 41.4.